The van der Waals surface area contributed by atoms with Gasteiger partial charge in [-0.05, 0) is 6.07 Å². The first kappa shape index (κ1) is 11.6. The Balaban J connectivity index is 2.71. The number of alkyl halides is 3. The van der Waals surface area contributed by atoms with E-state index in [4.69, 9.17) is 0 Å². The average Bonchev–Trinajstić information content (AvgIpc) is 2.16. The standard InChI is InChI=1S/C10H8F3O2/c11-10(12,13)7-15-9-4-2-1-3-8(9)5-6-14/h1-4H,5,7H2. The lowest BCUT2D eigenvalue weighted by Gasteiger charge is -2.11. The van der Waals surface area contributed by atoms with Crippen molar-refractivity contribution in [3.05, 3.63) is 29.8 Å². The highest BCUT2D eigenvalue weighted by Gasteiger charge is 2.28. The van der Waals surface area contributed by atoms with E-state index < -0.39 is 12.8 Å². The van der Waals surface area contributed by atoms with Gasteiger partial charge in [0.25, 0.3) is 0 Å². The van der Waals surface area contributed by atoms with Crippen LogP contribution in [0.15, 0.2) is 24.3 Å². The van der Waals surface area contributed by atoms with Crippen molar-refractivity contribution in [1.82, 2.24) is 0 Å². The Morgan fingerprint density at radius 3 is 2.53 bits per heavy atom. The number of hydrogen-bond donors (Lipinski definition) is 0. The highest BCUT2D eigenvalue weighted by molar-refractivity contribution is 5.58. The Bertz CT molecular complexity index is 334. The molecule has 0 aromatic heterocycles. The van der Waals surface area contributed by atoms with E-state index in [-0.39, 0.29) is 12.2 Å². The van der Waals surface area contributed by atoms with Gasteiger partial charge in [-0.1, -0.05) is 18.2 Å². The molecule has 1 aromatic carbocycles. The van der Waals surface area contributed by atoms with Gasteiger partial charge in [-0.3, -0.25) is 4.79 Å². The maximum atomic E-state index is 11.9. The minimum absolute atomic E-state index is 0.0678. The number of para-hydroxylation sites is 1. The first-order valence-corrected chi connectivity index (χ1v) is 4.15. The third kappa shape index (κ3) is 4.01. The lowest BCUT2D eigenvalue weighted by atomic mass is 10.1. The van der Waals surface area contributed by atoms with Gasteiger partial charge in [0.05, 0.1) is 0 Å². The Hall–Kier alpha value is -1.52. The number of halogens is 3. The smallest absolute Gasteiger partial charge is 0.422 e. The molecule has 0 saturated carbocycles. The second-order valence-electron chi connectivity index (χ2n) is 2.83. The molecular weight excluding hydrogens is 209 g/mol. The number of hydrogen-bond acceptors (Lipinski definition) is 2. The summed E-state index contributed by atoms with van der Waals surface area (Å²) in [5.41, 5.74) is 0.400. The molecule has 0 aliphatic carbocycles. The van der Waals surface area contributed by atoms with Crippen LogP contribution in [0.3, 0.4) is 0 Å². The Kier molecular flexibility index (Phi) is 3.71. The molecule has 0 N–H and O–H groups in total. The fourth-order valence-corrected chi connectivity index (χ4v) is 1.03. The third-order valence-electron chi connectivity index (χ3n) is 1.63. The SMILES string of the molecule is O=[C]Cc1ccccc1OCC(F)(F)F. The van der Waals surface area contributed by atoms with Crippen molar-refractivity contribution in [2.75, 3.05) is 6.61 Å². The summed E-state index contributed by atoms with van der Waals surface area (Å²) in [6, 6.07) is 6.07. The molecule has 81 valence electrons. The van der Waals surface area contributed by atoms with Crippen LogP contribution < -0.4 is 4.74 Å². The largest absolute Gasteiger partial charge is 0.484 e. The molecule has 0 aliphatic heterocycles. The van der Waals surface area contributed by atoms with Crippen molar-refractivity contribution in [2.45, 2.75) is 12.6 Å². The van der Waals surface area contributed by atoms with E-state index >= 15 is 0 Å². The van der Waals surface area contributed by atoms with Crippen molar-refractivity contribution in [1.29, 1.82) is 0 Å². The van der Waals surface area contributed by atoms with Crippen molar-refractivity contribution in [3.63, 3.8) is 0 Å². The molecule has 5 heteroatoms. The first-order chi connectivity index (χ1) is 7.03. The lowest BCUT2D eigenvalue weighted by Crippen LogP contribution is -2.19. The zero-order valence-electron chi connectivity index (χ0n) is 7.67. The van der Waals surface area contributed by atoms with Gasteiger partial charge < -0.3 is 4.74 Å². The molecule has 0 aliphatic rings. The van der Waals surface area contributed by atoms with Crippen LogP contribution in [0.25, 0.3) is 0 Å². The number of carbonyl (C=O) groups excluding carboxylic acids is 1. The summed E-state index contributed by atoms with van der Waals surface area (Å²) in [6.45, 7) is -1.36. The summed E-state index contributed by atoms with van der Waals surface area (Å²) >= 11 is 0. The van der Waals surface area contributed by atoms with E-state index in [0.29, 0.717) is 5.56 Å². The quantitative estimate of drug-likeness (QED) is 0.773. The molecule has 0 atom stereocenters. The summed E-state index contributed by atoms with van der Waals surface area (Å²) in [4.78, 5) is 10.1. The van der Waals surface area contributed by atoms with Crippen LogP contribution in [0.4, 0.5) is 13.2 Å². The molecule has 0 saturated heterocycles. The monoisotopic (exact) mass is 217 g/mol. The number of rotatable bonds is 4. The summed E-state index contributed by atoms with van der Waals surface area (Å²) in [5, 5.41) is 0. The van der Waals surface area contributed by atoms with Crippen LogP contribution in [0, 0.1) is 0 Å². The topological polar surface area (TPSA) is 26.3 Å². The Morgan fingerprint density at radius 2 is 1.93 bits per heavy atom. The molecule has 15 heavy (non-hydrogen) atoms. The molecule has 0 amide bonds. The average molecular weight is 217 g/mol. The number of ether oxygens (including phenoxy) is 1. The minimum Gasteiger partial charge on any atom is -0.484 e. The lowest BCUT2D eigenvalue weighted by molar-refractivity contribution is -0.153. The van der Waals surface area contributed by atoms with E-state index in [1.54, 1.807) is 18.4 Å². The second kappa shape index (κ2) is 4.82. The van der Waals surface area contributed by atoms with Crippen LogP contribution in [0.1, 0.15) is 5.56 Å². The van der Waals surface area contributed by atoms with Crippen LogP contribution in [-0.4, -0.2) is 19.1 Å². The zero-order valence-corrected chi connectivity index (χ0v) is 7.67. The summed E-state index contributed by atoms with van der Waals surface area (Å²) in [5.74, 6) is 0.0678. The summed E-state index contributed by atoms with van der Waals surface area (Å²) < 4.78 is 40.1. The van der Waals surface area contributed by atoms with Gasteiger partial charge >= 0.3 is 6.18 Å². The van der Waals surface area contributed by atoms with Crippen LogP contribution in [0.2, 0.25) is 0 Å². The van der Waals surface area contributed by atoms with Crippen LogP contribution in [0.5, 0.6) is 5.75 Å². The third-order valence-corrected chi connectivity index (χ3v) is 1.63. The van der Waals surface area contributed by atoms with Gasteiger partial charge in [0.15, 0.2) is 6.61 Å². The maximum Gasteiger partial charge on any atom is 0.422 e. The molecular formula is C10H8F3O2. The normalized spacial score (nSPS) is 11.1. The van der Waals surface area contributed by atoms with E-state index in [1.807, 2.05) is 0 Å². The summed E-state index contributed by atoms with van der Waals surface area (Å²) in [7, 11) is 0. The van der Waals surface area contributed by atoms with Gasteiger partial charge in [-0.25, -0.2) is 0 Å². The molecule has 1 rings (SSSR count). The van der Waals surface area contributed by atoms with Crippen LogP contribution in [-0.2, 0) is 11.2 Å². The maximum absolute atomic E-state index is 11.9. The predicted molar refractivity (Wildman–Crippen MR) is 47.4 cm³/mol. The van der Waals surface area contributed by atoms with Crippen molar-refractivity contribution in [2.24, 2.45) is 0 Å². The van der Waals surface area contributed by atoms with E-state index in [0.717, 1.165) is 0 Å². The van der Waals surface area contributed by atoms with Gasteiger partial charge in [0.1, 0.15) is 5.75 Å². The predicted octanol–water partition coefficient (Wildman–Crippen LogP) is 2.28. The molecule has 0 bridgehead atoms. The minimum atomic E-state index is -4.38. The van der Waals surface area contributed by atoms with Crippen molar-refractivity contribution < 1.29 is 22.7 Å². The molecule has 0 heterocycles. The van der Waals surface area contributed by atoms with Gasteiger partial charge in [0.2, 0.25) is 6.29 Å². The molecule has 0 spiro atoms. The molecule has 0 unspecified atom stereocenters. The van der Waals surface area contributed by atoms with Crippen molar-refractivity contribution in [3.8, 4) is 5.75 Å². The fourth-order valence-electron chi connectivity index (χ4n) is 1.03. The molecule has 2 nitrogen and oxygen atoms in total. The van der Waals surface area contributed by atoms with E-state index in [9.17, 15) is 18.0 Å². The molecule has 0 fully saturated rings. The number of benzene rings is 1. The zero-order chi connectivity index (χ0) is 11.3. The summed E-state index contributed by atoms with van der Waals surface area (Å²) in [6.07, 6.45) is -2.84. The van der Waals surface area contributed by atoms with Gasteiger partial charge in [-0.15, -0.1) is 0 Å². The molecule has 1 radical (unpaired) electrons. The second-order valence-corrected chi connectivity index (χ2v) is 2.83. The van der Waals surface area contributed by atoms with E-state index in [2.05, 4.69) is 4.74 Å². The fraction of sp³-hybridized carbons (Fsp3) is 0.300. The highest BCUT2D eigenvalue weighted by Crippen LogP contribution is 2.21. The van der Waals surface area contributed by atoms with Gasteiger partial charge in [-0.2, -0.15) is 13.2 Å². The Labute approximate surface area is 84.7 Å². The Morgan fingerprint density at radius 1 is 1.27 bits per heavy atom. The van der Waals surface area contributed by atoms with E-state index in [1.165, 1.54) is 12.1 Å². The van der Waals surface area contributed by atoms with Gasteiger partial charge in [0, 0.05) is 12.0 Å². The highest BCUT2D eigenvalue weighted by atomic mass is 19.4. The first-order valence-electron chi connectivity index (χ1n) is 4.15. The van der Waals surface area contributed by atoms with Crippen LogP contribution >= 0.6 is 0 Å². The molecule has 1 aromatic rings. The van der Waals surface area contributed by atoms with Crippen molar-refractivity contribution >= 4 is 6.29 Å².